The lowest BCUT2D eigenvalue weighted by Gasteiger charge is -2.18. The van der Waals surface area contributed by atoms with Gasteiger partial charge in [-0.2, -0.15) is 5.10 Å². The monoisotopic (exact) mass is 516 g/mol. The molecule has 0 aliphatic rings. The third-order valence-electron chi connectivity index (χ3n) is 5.52. The summed E-state index contributed by atoms with van der Waals surface area (Å²) in [6.07, 6.45) is 2.94. The molecule has 2 heterocycles. The molecule has 0 spiro atoms. The second-order valence-corrected chi connectivity index (χ2v) is 8.27. The molecular formula is C27H28N6O5. The van der Waals surface area contributed by atoms with Crippen LogP contribution in [0.3, 0.4) is 0 Å². The SMILES string of the molecule is O=C(NC(CNC(=O)c1cccc2[nH]ncc12)C(=O)OCCCNc1ccccn1)OCc1ccccc1. The Hall–Kier alpha value is -4.93. The predicted molar refractivity (Wildman–Crippen MR) is 140 cm³/mol. The molecule has 4 rings (SSSR count). The van der Waals surface area contributed by atoms with Crippen LogP contribution < -0.4 is 16.0 Å². The third-order valence-corrected chi connectivity index (χ3v) is 5.52. The second kappa shape index (κ2) is 13.4. The number of aromatic amines is 1. The lowest BCUT2D eigenvalue weighted by molar-refractivity contribution is -0.145. The molecule has 0 radical (unpaired) electrons. The van der Waals surface area contributed by atoms with E-state index in [0.29, 0.717) is 29.4 Å². The molecule has 0 fully saturated rings. The van der Waals surface area contributed by atoms with Gasteiger partial charge < -0.3 is 25.4 Å². The van der Waals surface area contributed by atoms with Crippen LogP contribution in [0.4, 0.5) is 10.6 Å². The number of esters is 1. The Bertz CT molecular complexity index is 1350. The molecule has 11 nitrogen and oxygen atoms in total. The summed E-state index contributed by atoms with van der Waals surface area (Å²) in [5.74, 6) is -0.398. The summed E-state index contributed by atoms with van der Waals surface area (Å²) >= 11 is 0. The van der Waals surface area contributed by atoms with Gasteiger partial charge in [-0.15, -0.1) is 0 Å². The van der Waals surface area contributed by atoms with Crippen molar-refractivity contribution >= 4 is 34.7 Å². The fraction of sp³-hybridized carbons (Fsp3) is 0.222. The Morgan fingerprint density at radius 3 is 2.61 bits per heavy atom. The molecule has 2 amide bonds. The van der Waals surface area contributed by atoms with Crippen molar-refractivity contribution in [1.82, 2.24) is 25.8 Å². The van der Waals surface area contributed by atoms with Crippen LogP contribution in [-0.4, -0.2) is 58.9 Å². The molecule has 1 unspecified atom stereocenters. The van der Waals surface area contributed by atoms with Crippen LogP contribution in [0.5, 0.6) is 0 Å². The van der Waals surface area contributed by atoms with E-state index in [1.807, 2.05) is 48.5 Å². The molecule has 4 aromatic rings. The molecule has 0 bridgehead atoms. The summed E-state index contributed by atoms with van der Waals surface area (Å²) in [6, 6.07) is 18.7. The number of aromatic nitrogens is 3. The Labute approximate surface area is 218 Å². The lowest BCUT2D eigenvalue weighted by atomic mass is 10.1. The molecule has 196 valence electrons. The number of hydrogen-bond acceptors (Lipinski definition) is 8. The van der Waals surface area contributed by atoms with Crippen LogP contribution in [-0.2, 0) is 20.9 Å². The van der Waals surface area contributed by atoms with Crippen molar-refractivity contribution in [1.29, 1.82) is 0 Å². The Balaban J connectivity index is 1.32. The van der Waals surface area contributed by atoms with Crippen molar-refractivity contribution < 1.29 is 23.9 Å². The topological polar surface area (TPSA) is 147 Å². The summed E-state index contributed by atoms with van der Waals surface area (Å²) in [6.45, 7) is 0.478. The molecular weight excluding hydrogens is 488 g/mol. The molecule has 0 saturated heterocycles. The minimum atomic E-state index is -1.16. The van der Waals surface area contributed by atoms with Gasteiger partial charge in [-0.3, -0.25) is 9.89 Å². The van der Waals surface area contributed by atoms with E-state index < -0.39 is 24.0 Å². The zero-order valence-corrected chi connectivity index (χ0v) is 20.6. The van der Waals surface area contributed by atoms with Gasteiger partial charge in [0.15, 0.2) is 0 Å². The van der Waals surface area contributed by atoms with Crippen LogP contribution in [0.25, 0.3) is 10.9 Å². The molecule has 0 aliphatic carbocycles. The van der Waals surface area contributed by atoms with E-state index in [9.17, 15) is 14.4 Å². The molecule has 2 aromatic carbocycles. The van der Waals surface area contributed by atoms with Crippen LogP contribution in [0.1, 0.15) is 22.3 Å². The van der Waals surface area contributed by atoms with Gasteiger partial charge >= 0.3 is 12.1 Å². The lowest BCUT2D eigenvalue weighted by Crippen LogP contribution is -2.49. The van der Waals surface area contributed by atoms with Gasteiger partial charge in [0.25, 0.3) is 5.91 Å². The number of fused-ring (bicyclic) bond motifs is 1. The first-order valence-electron chi connectivity index (χ1n) is 12.1. The van der Waals surface area contributed by atoms with E-state index in [2.05, 4.69) is 31.1 Å². The number of ether oxygens (including phenoxy) is 2. The number of amides is 2. The van der Waals surface area contributed by atoms with Crippen molar-refractivity contribution in [2.24, 2.45) is 0 Å². The minimum absolute atomic E-state index is 0.0302. The van der Waals surface area contributed by atoms with Gasteiger partial charge in [0.1, 0.15) is 18.5 Å². The van der Waals surface area contributed by atoms with Crippen molar-refractivity contribution in [2.75, 3.05) is 25.0 Å². The molecule has 0 saturated carbocycles. The highest BCUT2D eigenvalue weighted by Crippen LogP contribution is 2.15. The maximum absolute atomic E-state index is 12.9. The molecule has 2 aromatic heterocycles. The van der Waals surface area contributed by atoms with E-state index in [4.69, 9.17) is 9.47 Å². The van der Waals surface area contributed by atoms with E-state index in [0.717, 1.165) is 11.4 Å². The van der Waals surface area contributed by atoms with Crippen molar-refractivity contribution in [3.8, 4) is 0 Å². The summed E-state index contributed by atoms with van der Waals surface area (Å²) in [5, 5.41) is 15.7. The number of benzene rings is 2. The number of nitrogens with zero attached hydrogens (tertiary/aromatic N) is 2. The van der Waals surface area contributed by atoms with E-state index >= 15 is 0 Å². The first-order chi connectivity index (χ1) is 18.6. The molecule has 0 aliphatic heterocycles. The number of anilines is 1. The second-order valence-electron chi connectivity index (χ2n) is 8.27. The zero-order chi connectivity index (χ0) is 26.6. The van der Waals surface area contributed by atoms with Crippen molar-refractivity contribution in [2.45, 2.75) is 19.1 Å². The fourth-order valence-electron chi connectivity index (χ4n) is 3.59. The number of alkyl carbamates (subject to hydrolysis) is 1. The number of H-pyrrole nitrogens is 1. The van der Waals surface area contributed by atoms with Gasteiger partial charge in [0.2, 0.25) is 0 Å². The van der Waals surface area contributed by atoms with Crippen LogP contribution >= 0.6 is 0 Å². The average Bonchev–Trinajstić information content (AvgIpc) is 3.44. The molecule has 1 atom stereocenters. The average molecular weight is 517 g/mol. The third kappa shape index (κ3) is 7.53. The summed E-state index contributed by atoms with van der Waals surface area (Å²) in [5.41, 5.74) is 1.88. The molecule has 11 heteroatoms. The first-order valence-corrected chi connectivity index (χ1v) is 12.1. The summed E-state index contributed by atoms with van der Waals surface area (Å²) in [4.78, 5) is 42.3. The summed E-state index contributed by atoms with van der Waals surface area (Å²) < 4.78 is 10.6. The van der Waals surface area contributed by atoms with Crippen molar-refractivity contribution in [3.63, 3.8) is 0 Å². The van der Waals surface area contributed by atoms with E-state index in [1.54, 1.807) is 30.6 Å². The minimum Gasteiger partial charge on any atom is -0.464 e. The van der Waals surface area contributed by atoms with Crippen LogP contribution in [0.2, 0.25) is 0 Å². The van der Waals surface area contributed by atoms with Gasteiger partial charge in [-0.05, 0) is 36.2 Å². The van der Waals surface area contributed by atoms with Gasteiger partial charge in [-0.25, -0.2) is 14.6 Å². The normalized spacial score (nSPS) is 11.4. The predicted octanol–water partition coefficient (Wildman–Crippen LogP) is 3.03. The number of rotatable bonds is 12. The quantitative estimate of drug-likeness (QED) is 0.166. The first kappa shape index (κ1) is 26.1. The van der Waals surface area contributed by atoms with E-state index in [1.165, 1.54) is 0 Å². The molecule has 38 heavy (non-hydrogen) atoms. The van der Waals surface area contributed by atoms with Crippen molar-refractivity contribution in [3.05, 3.63) is 90.3 Å². The Morgan fingerprint density at radius 2 is 1.79 bits per heavy atom. The smallest absolute Gasteiger partial charge is 0.408 e. The number of pyridine rings is 1. The number of carbonyl (C=O) groups excluding carboxylic acids is 3. The standard InChI is InChI=1S/C27H28N6O5/c34-25(20-10-6-11-22-21(20)16-31-33-22)30-17-23(32-27(36)38-18-19-8-2-1-3-9-19)26(35)37-15-7-14-29-24-12-4-5-13-28-24/h1-6,8-13,16,23H,7,14-15,17-18H2,(H,28,29)(H,30,34)(H,31,33)(H,32,36). The maximum Gasteiger partial charge on any atom is 0.408 e. The highest BCUT2D eigenvalue weighted by molar-refractivity contribution is 6.06. The molecule has 4 N–H and O–H groups in total. The van der Waals surface area contributed by atoms with Crippen LogP contribution in [0.15, 0.2) is 79.1 Å². The number of nitrogens with one attached hydrogen (secondary N) is 4. The summed E-state index contributed by atoms with van der Waals surface area (Å²) in [7, 11) is 0. The van der Waals surface area contributed by atoms with Gasteiger partial charge in [0.05, 0.1) is 23.9 Å². The fourth-order valence-corrected chi connectivity index (χ4v) is 3.59. The number of hydrogen-bond donors (Lipinski definition) is 4. The highest BCUT2D eigenvalue weighted by Gasteiger charge is 2.24. The van der Waals surface area contributed by atoms with Gasteiger partial charge in [-0.1, -0.05) is 42.5 Å². The highest BCUT2D eigenvalue weighted by atomic mass is 16.6. The van der Waals surface area contributed by atoms with Crippen LogP contribution in [0, 0.1) is 0 Å². The Morgan fingerprint density at radius 1 is 0.947 bits per heavy atom. The zero-order valence-electron chi connectivity index (χ0n) is 20.6. The van der Waals surface area contributed by atoms with E-state index in [-0.39, 0.29) is 19.8 Å². The Kier molecular flexibility index (Phi) is 9.22. The van der Waals surface area contributed by atoms with Gasteiger partial charge in [0, 0.05) is 24.7 Å². The maximum atomic E-state index is 12.9. The number of carbonyl (C=O) groups is 3. The largest absolute Gasteiger partial charge is 0.464 e.